The third-order valence-corrected chi connectivity index (χ3v) is 2.59. The Morgan fingerprint density at radius 2 is 2.12 bits per heavy atom. The molecule has 0 amide bonds. The zero-order chi connectivity index (χ0) is 12.0. The van der Waals surface area contributed by atoms with Gasteiger partial charge in [-0.3, -0.25) is 0 Å². The molecule has 1 rings (SSSR count). The van der Waals surface area contributed by atoms with Crippen molar-refractivity contribution in [1.82, 2.24) is 15.5 Å². The molecule has 0 bridgehead atoms. The Bertz CT molecular complexity index is 300. The quantitative estimate of drug-likeness (QED) is 0.766. The molecule has 1 atom stereocenters. The lowest BCUT2D eigenvalue weighted by atomic mass is 10.1. The van der Waals surface area contributed by atoms with Crippen LogP contribution in [0.3, 0.4) is 0 Å². The van der Waals surface area contributed by atoms with E-state index in [1.54, 1.807) is 0 Å². The highest BCUT2D eigenvalue weighted by Gasteiger charge is 2.12. The van der Waals surface area contributed by atoms with Crippen molar-refractivity contribution in [3.8, 4) is 0 Å². The van der Waals surface area contributed by atoms with E-state index >= 15 is 0 Å². The largest absolute Gasteiger partial charge is 0.407 e. The first kappa shape index (κ1) is 13.0. The van der Waals surface area contributed by atoms with E-state index in [9.17, 15) is 0 Å². The topological polar surface area (TPSA) is 54.2 Å². The van der Waals surface area contributed by atoms with Gasteiger partial charge in [0.05, 0.1) is 6.54 Å². The zero-order valence-corrected chi connectivity index (χ0v) is 10.7. The van der Waals surface area contributed by atoms with E-state index in [-0.39, 0.29) is 0 Å². The van der Waals surface area contributed by atoms with E-state index in [2.05, 4.69) is 29.4 Å². The van der Waals surface area contributed by atoms with Gasteiger partial charge in [-0.25, -0.2) is 0 Å². The summed E-state index contributed by atoms with van der Waals surface area (Å²) in [5.74, 6) is 1.28. The third-order valence-electron chi connectivity index (χ3n) is 2.59. The lowest BCUT2D eigenvalue weighted by molar-refractivity contribution is 0.456. The van der Waals surface area contributed by atoms with Crippen molar-refractivity contribution < 1.29 is 4.42 Å². The Kier molecular flexibility index (Phi) is 5.25. The maximum absolute atomic E-state index is 5.53. The first-order valence-electron chi connectivity index (χ1n) is 5.91. The summed E-state index contributed by atoms with van der Waals surface area (Å²) in [6.45, 7) is 8.93. The number of hydrogen-bond donors (Lipinski definition) is 1. The second-order valence-electron chi connectivity index (χ2n) is 4.15. The predicted molar refractivity (Wildman–Crippen MR) is 64.4 cm³/mol. The molecule has 0 aliphatic carbocycles. The van der Waals surface area contributed by atoms with Crippen molar-refractivity contribution in [3.63, 3.8) is 0 Å². The molecule has 0 saturated carbocycles. The molecule has 1 unspecified atom stereocenters. The van der Waals surface area contributed by atoms with Gasteiger partial charge in [-0.05, 0) is 12.5 Å². The Labute approximate surface area is 97.2 Å². The molecule has 1 aromatic heterocycles. The summed E-state index contributed by atoms with van der Waals surface area (Å²) in [4.78, 5) is 2.01. The molecule has 16 heavy (non-hydrogen) atoms. The summed E-state index contributed by atoms with van der Waals surface area (Å²) >= 11 is 0. The smallest absolute Gasteiger partial charge is 0.317 e. The fourth-order valence-corrected chi connectivity index (χ4v) is 1.38. The number of aromatic nitrogens is 2. The van der Waals surface area contributed by atoms with E-state index in [0.29, 0.717) is 24.4 Å². The van der Waals surface area contributed by atoms with E-state index in [4.69, 9.17) is 4.42 Å². The van der Waals surface area contributed by atoms with Crippen LogP contribution in [-0.4, -0.2) is 30.3 Å². The Morgan fingerprint density at radius 1 is 1.38 bits per heavy atom. The summed E-state index contributed by atoms with van der Waals surface area (Å²) in [5, 5.41) is 11.2. The van der Waals surface area contributed by atoms with Crippen LogP contribution in [0.5, 0.6) is 0 Å². The Hall–Kier alpha value is -1.10. The van der Waals surface area contributed by atoms with Crippen LogP contribution in [0.2, 0.25) is 0 Å². The monoisotopic (exact) mass is 226 g/mol. The predicted octanol–water partition coefficient (Wildman–Crippen LogP) is 1.66. The maximum atomic E-state index is 5.53. The van der Waals surface area contributed by atoms with Crippen molar-refractivity contribution in [2.45, 2.75) is 33.7 Å². The summed E-state index contributed by atoms with van der Waals surface area (Å²) in [6, 6.07) is 0.605. The van der Waals surface area contributed by atoms with Gasteiger partial charge in [0.2, 0.25) is 5.89 Å². The summed E-state index contributed by atoms with van der Waals surface area (Å²) < 4.78 is 5.53. The standard InChI is InChI=1S/C11H22N4O/c1-5-9(3)8-15(4)11-14-13-10(16-11)7-12-6-2/h9,12H,5-8H2,1-4H3. The van der Waals surface area contributed by atoms with Crippen LogP contribution in [0.15, 0.2) is 4.42 Å². The number of hydrogen-bond acceptors (Lipinski definition) is 5. The number of nitrogens with zero attached hydrogens (tertiary/aromatic N) is 3. The van der Waals surface area contributed by atoms with Crippen LogP contribution in [0.1, 0.15) is 33.1 Å². The van der Waals surface area contributed by atoms with Gasteiger partial charge >= 0.3 is 6.01 Å². The molecule has 0 fully saturated rings. The van der Waals surface area contributed by atoms with E-state index < -0.39 is 0 Å². The minimum Gasteiger partial charge on any atom is -0.407 e. The zero-order valence-electron chi connectivity index (χ0n) is 10.7. The van der Waals surface area contributed by atoms with Crippen molar-refractivity contribution in [3.05, 3.63) is 5.89 Å². The van der Waals surface area contributed by atoms with Crippen LogP contribution in [0, 0.1) is 5.92 Å². The molecule has 0 aromatic carbocycles. The number of nitrogens with one attached hydrogen (secondary N) is 1. The highest BCUT2D eigenvalue weighted by atomic mass is 16.4. The molecule has 0 aliphatic heterocycles. The highest BCUT2D eigenvalue weighted by Crippen LogP contribution is 2.13. The van der Waals surface area contributed by atoms with E-state index in [1.807, 2.05) is 18.9 Å². The van der Waals surface area contributed by atoms with Crippen molar-refractivity contribution >= 4 is 6.01 Å². The van der Waals surface area contributed by atoms with Crippen LogP contribution in [0.25, 0.3) is 0 Å². The second-order valence-corrected chi connectivity index (χ2v) is 4.15. The van der Waals surface area contributed by atoms with Crippen molar-refractivity contribution in [2.75, 3.05) is 25.0 Å². The number of anilines is 1. The summed E-state index contributed by atoms with van der Waals surface area (Å²) in [6.07, 6.45) is 1.16. The summed E-state index contributed by atoms with van der Waals surface area (Å²) in [5.41, 5.74) is 0. The SMILES string of the molecule is CCNCc1nnc(N(C)CC(C)CC)o1. The normalized spacial score (nSPS) is 12.8. The van der Waals surface area contributed by atoms with Gasteiger partial charge < -0.3 is 14.6 Å². The molecular weight excluding hydrogens is 204 g/mol. The molecule has 1 heterocycles. The van der Waals surface area contributed by atoms with Gasteiger partial charge in [-0.15, -0.1) is 5.10 Å². The van der Waals surface area contributed by atoms with Crippen LogP contribution in [0.4, 0.5) is 6.01 Å². The molecule has 1 aromatic rings. The van der Waals surface area contributed by atoms with E-state index in [1.165, 1.54) is 0 Å². The first-order chi connectivity index (χ1) is 7.67. The van der Waals surface area contributed by atoms with Gasteiger partial charge in [0.15, 0.2) is 0 Å². The van der Waals surface area contributed by atoms with E-state index in [0.717, 1.165) is 19.5 Å². The summed E-state index contributed by atoms with van der Waals surface area (Å²) in [7, 11) is 1.98. The molecule has 0 saturated heterocycles. The highest BCUT2D eigenvalue weighted by molar-refractivity contribution is 5.21. The fraction of sp³-hybridized carbons (Fsp3) is 0.818. The number of rotatable bonds is 7. The minimum absolute atomic E-state index is 0.605. The van der Waals surface area contributed by atoms with Crippen LogP contribution in [-0.2, 0) is 6.54 Å². The third kappa shape index (κ3) is 3.81. The van der Waals surface area contributed by atoms with Crippen molar-refractivity contribution in [1.29, 1.82) is 0 Å². The lowest BCUT2D eigenvalue weighted by Gasteiger charge is -2.17. The molecule has 0 aliphatic rings. The molecule has 92 valence electrons. The average Bonchev–Trinajstić information content (AvgIpc) is 2.74. The fourth-order valence-electron chi connectivity index (χ4n) is 1.38. The molecule has 5 nitrogen and oxygen atoms in total. The van der Waals surface area contributed by atoms with Gasteiger partial charge in [0.1, 0.15) is 0 Å². The molecule has 5 heteroatoms. The molecule has 0 radical (unpaired) electrons. The average molecular weight is 226 g/mol. The first-order valence-corrected chi connectivity index (χ1v) is 5.91. The van der Waals surface area contributed by atoms with Gasteiger partial charge in [0.25, 0.3) is 0 Å². The molecular formula is C11H22N4O. The Balaban J connectivity index is 2.49. The minimum atomic E-state index is 0.605. The van der Waals surface area contributed by atoms with Gasteiger partial charge in [-0.2, -0.15) is 0 Å². The Morgan fingerprint density at radius 3 is 2.75 bits per heavy atom. The van der Waals surface area contributed by atoms with Gasteiger partial charge in [0, 0.05) is 13.6 Å². The lowest BCUT2D eigenvalue weighted by Crippen LogP contribution is -2.23. The second kappa shape index (κ2) is 6.48. The molecule has 0 spiro atoms. The van der Waals surface area contributed by atoms with Gasteiger partial charge in [-0.1, -0.05) is 32.3 Å². The molecule has 1 N–H and O–H groups in total. The van der Waals surface area contributed by atoms with Crippen LogP contribution < -0.4 is 10.2 Å². The van der Waals surface area contributed by atoms with Crippen LogP contribution >= 0.6 is 0 Å². The van der Waals surface area contributed by atoms with Crippen molar-refractivity contribution in [2.24, 2.45) is 5.92 Å². The maximum Gasteiger partial charge on any atom is 0.317 e.